The fourth-order valence-electron chi connectivity index (χ4n) is 1.36. The quantitative estimate of drug-likeness (QED) is 0.823. The monoisotopic (exact) mass is 257 g/mol. The molecule has 1 rings (SSSR count). The van der Waals surface area contributed by atoms with Gasteiger partial charge >= 0.3 is 5.97 Å². The summed E-state index contributed by atoms with van der Waals surface area (Å²) in [7, 11) is 0. The van der Waals surface area contributed by atoms with Crippen molar-refractivity contribution in [3.05, 3.63) is 10.6 Å². The standard InChI is InChI=1S/C10H15N3O3S/c1-5(2)4-7(10(15)16)11-9(14)8-6(3)12-13-17-8/h5,7H,4H2,1-3H3,(H,11,14)(H,15,16)/t7-/m1/s1. The summed E-state index contributed by atoms with van der Waals surface area (Å²) < 4.78 is 3.64. The predicted molar refractivity (Wildman–Crippen MR) is 63.0 cm³/mol. The van der Waals surface area contributed by atoms with Gasteiger partial charge in [-0.3, -0.25) is 4.79 Å². The first-order chi connectivity index (χ1) is 7.91. The number of amides is 1. The van der Waals surface area contributed by atoms with Crippen LogP contribution in [0.1, 0.15) is 35.6 Å². The van der Waals surface area contributed by atoms with E-state index in [1.54, 1.807) is 6.92 Å². The van der Waals surface area contributed by atoms with Gasteiger partial charge in [0, 0.05) is 0 Å². The van der Waals surface area contributed by atoms with E-state index < -0.39 is 17.9 Å². The second kappa shape index (κ2) is 5.72. The number of rotatable bonds is 5. The minimum atomic E-state index is -1.03. The summed E-state index contributed by atoms with van der Waals surface area (Å²) in [6, 6.07) is -0.871. The van der Waals surface area contributed by atoms with Crippen LogP contribution in [0.15, 0.2) is 0 Å². The van der Waals surface area contributed by atoms with Gasteiger partial charge in [-0.05, 0) is 30.8 Å². The number of hydrogen-bond acceptors (Lipinski definition) is 5. The highest BCUT2D eigenvalue weighted by Crippen LogP contribution is 2.11. The third-order valence-electron chi connectivity index (χ3n) is 2.17. The van der Waals surface area contributed by atoms with Crippen molar-refractivity contribution in [1.29, 1.82) is 0 Å². The SMILES string of the molecule is Cc1nnsc1C(=O)N[C@H](CC(C)C)C(=O)O. The maximum absolute atomic E-state index is 11.8. The van der Waals surface area contributed by atoms with Crippen LogP contribution in [0.5, 0.6) is 0 Å². The molecule has 0 saturated carbocycles. The molecule has 0 aliphatic rings. The summed E-state index contributed by atoms with van der Waals surface area (Å²) in [4.78, 5) is 23.1. The Morgan fingerprint density at radius 3 is 2.53 bits per heavy atom. The zero-order valence-corrected chi connectivity index (χ0v) is 10.7. The highest BCUT2D eigenvalue weighted by Gasteiger charge is 2.23. The van der Waals surface area contributed by atoms with E-state index in [2.05, 4.69) is 14.9 Å². The summed E-state index contributed by atoms with van der Waals surface area (Å²) in [5.74, 6) is -1.26. The third-order valence-corrected chi connectivity index (χ3v) is 2.99. The van der Waals surface area contributed by atoms with Crippen molar-refractivity contribution in [3.63, 3.8) is 0 Å². The predicted octanol–water partition coefficient (Wildman–Crippen LogP) is 1.08. The zero-order chi connectivity index (χ0) is 13.0. The summed E-state index contributed by atoms with van der Waals surface area (Å²) in [6.07, 6.45) is 0.395. The third kappa shape index (κ3) is 3.77. The lowest BCUT2D eigenvalue weighted by atomic mass is 10.0. The van der Waals surface area contributed by atoms with Gasteiger partial charge in [-0.25, -0.2) is 4.79 Å². The van der Waals surface area contributed by atoms with Crippen LogP contribution >= 0.6 is 11.5 Å². The number of carboxylic acid groups (broad SMARTS) is 1. The Morgan fingerprint density at radius 2 is 2.12 bits per heavy atom. The number of hydrogen-bond donors (Lipinski definition) is 2. The van der Waals surface area contributed by atoms with Gasteiger partial charge in [0.1, 0.15) is 10.9 Å². The Kier molecular flexibility index (Phi) is 4.56. The summed E-state index contributed by atoms with van der Waals surface area (Å²) in [6.45, 7) is 5.47. The molecule has 1 heterocycles. The molecule has 7 heteroatoms. The van der Waals surface area contributed by atoms with Gasteiger partial charge in [0.25, 0.3) is 5.91 Å². The fourth-order valence-corrected chi connectivity index (χ4v) is 1.92. The maximum atomic E-state index is 11.8. The number of carbonyl (C=O) groups is 2. The van der Waals surface area contributed by atoms with Crippen LogP contribution in [0.25, 0.3) is 0 Å². The van der Waals surface area contributed by atoms with E-state index in [0.717, 1.165) is 11.5 Å². The Hall–Kier alpha value is -1.50. The molecule has 1 atom stereocenters. The molecule has 17 heavy (non-hydrogen) atoms. The van der Waals surface area contributed by atoms with Gasteiger partial charge in [0.05, 0.1) is 5.69 Å². The molecule has 2 N–H and O–H groups in total. The molecule has 1 aromatic rings. The Balaban J connectivity index is 2.71. The van der Waals surface area contributed by atoms with Crippen LogP contribution in [0.2, 0.25) is 0 Å². The van der Waals surface area contributed by atoms with Crippen LogP contribution in [0.4, 0.5) is 0 Å². The van der Waals surface area contributed by atoms with Crippen LogP contribution in [0, 0.1) is 12.8 Å². The van der Waals surface area contributed by atoms with Gasteiger partial charge in [-0.1, -0.05) is 18.3 Å². The van der Waals surface area contributed by atoms with E-state index in [1.165, 1.54) is 0 Å². The average molecular weight is 257 g/mol. The molecule has 0 fully saturated rings. The average Bonchev–Trinajstić information content (AvgIpc) is 2.62. The molecule has 94 valence electrons. The minimum Gasteiger partial charge on any atom is -0.480 e. The lowest BCUT2D eigenvalue weighted by molar-refractivity contribution is -0.139. The van der Waals surface area contributed by atoms with Gasteiger partial charge in [-0.2, -0.15) is 0 Å². The lowest BCUT2D eigenvalue weighted by Crippen LogP contribution is -2.41. The molecule has 0 spiro atoms. The number of nitrogens with zero attached hydrogens (tertiary/aromatic N) is 2. The van der Waals surface area contributed by atoms with Crippen LogP contribution in [-0.2, 0) is 4.79 Å². The van der Waals surface area contributed by atoms with Crippen molar-refractivity contribution in [3.8, 4) is 0 Å². The van der Waals surface area contributed by atoms with E-state index in [4.69, 9.17) is 5.11 Å². The van der Waals surface area contributed by atoms with E-state index in [1.807, 2.05) is 13.8 Å². The summed E-state index contributed by atoms with van der Waals surface area (Å²) in [5.41, 5.74) is 0.515. The number of aryl methyl sites for hydroxylation is 1. The molecule has 0 aliphatic carbocycles. The lowest BCUT2D eigenvalue weighted by Gasteiger charge is -2.15. The topological polar surface area (TPSA) is 92.2 Å². The van der Waals surface area contributed by atoms with Crippen molar-refractivity contribution in [2.24, 2.45) is 5.92 Å². The second-order valence-corrected chi connectivity index (χ2v) is 4.94. The number of aliphatic carboxylic acids is 1. The zero-order valence-electron chi connectivity index (χ0n) is 9.93. The van der Waals surface area contributed by atoms with Gasteiger partial charge in [0.2, 0.25) is 0 Å². The molecular weight excluding hydrogens is 242 g/mol. The molecule has 0 aromatic carbocycles. The van der Waals surface area contributed by atoms with E-state index >= 15 is 0 Å². The van der Waals surface area contributed by atoms with Crippen molar-refractivity contribution in [1.82, 2.24) is 14.9 Å². The smallest absolute Gasteiger partial charge is 0.326 e. The number of carbonyl (C=O) groups excluding carboxylic acids is 1. The van der Waals surface area contributed by atoms with Gasteiger partial charge in [0.15, 0.2) is 0 Å². The molecular formula is C10H15N3O3S. The van der Waals surface area contributed by atoms with E-state index in [-0.39, 0.29) is 5.92 Å². The first-order valence-electron chi connectivity index (χ1n) is 5.24. The summed E-state index contributed by atoms with van der Waals surface area (Å²) in [5, 5.41) is 15.2. The van der Waals surface area contributed by atoms with E-state index in [0.29, 0.717) is 17.0 Å². The largest absolute Gasteiger partial charge is 0.480 e. The molecule has 0 radical (unpaired) electrons. The molecule has 0 aliphatic heterocycles. The Labute approximate surface area is 103 Å². The first-order valence-corrected chi connectivity index (χ1v) is 6.01. The number of aromatic nitrogens is 2. The van der Waals surface area contributed by atoms with Gasteiger partial charge < -0.3 is 10.4 Å². The van der Waals surface area contributed by atoms with E-state index in [9.17, 15) is 9.59 Å². The molecule has 0 unspecified atom stereocenters. The Bertz CT molecular complexity index is 417. The van der Waals surface area contributed by atoms with Crippen LogP contribution < -0.4 is 5.32 Å². The van der Waals surface area contributed by atoms with Crippen molar-refractivity contribution in [2.45, 2.75) is 33.2 Å². The Morgan fingerprint density at radius 1 is 1.47 bits per heavy atom. The minimum absolute atomic E-state index is 0.192. The summed E-state index contributed by atoms with van der Waals surface area (Å²) >= 11 is 0.964. The van der Waals surface area contributed by atoms with Crippen LogP contribution in [0.3, 0.4) is 0 Å². The van der Waals surface area contributed by atoms with Crippen molar-refractivity contribution in [2.75, 3.05) is 0 Å². The number of nitrogens with one attached hydrogen (secondary N) is 1. The molecule has 1 amide bonds. The van der Waals surface area contributed by atoms with Crippen LogP contribution in [-0.4, -0.2) is 32.6 Å². The molecule has 6 nitrogen and oxygen atoms in total. The molecule has 0 saturated heterocycles. The normalized spacial score (nSPS) is 12.5. The fraction of sp³-hybridized carbons (Fsp3) is 0.600. The van der Waals surface area contributed by atoms with Gasteiger partial charge in [-0.15, -0.1) is 5.10 Å². The second-order valence-electron chi connectivity index (χ2n) is 4.18. The highest BCUT2D eigenvalue weighted by molar-refractivity contribution is 7.08. The molecule has 0 bridgehead atoms. The molecule has 1 aromatic heterocycles. The highest BCUT2D eigenvalue weighted by atomic mass is 32.1. The first kappa shape index (κ1) is 13.6. The van der Waals surface area contributed by atoms with Crippen molar-refractivity contribution >= 4 is 23.4 Å². The maximum Gasteiger partial charge on any atom is 0.326 e. The van der Waals surface area contributed by atoms with Crippen molar-refractivity contribution < 1.29 is 14.7 Å². The number of carboxylic acids is 1.